The number of rotatable bonds is 0. The number of hydrogen-bond acceptors (Lipinski definition) is 1. The molecule has 74 valence electrons. The maximum Gasteiger partial charge on any atom is 0.248 e. The molecular weight excluding hydrogens is 162 g/mol. The molecule has 0 unspecified atom stereocenters. The summed E-state index contributed by atoms with van der Waals surface area (Å²) in [6, 6.07) is 3.57. The molecule has 0 aliphatic carbocycles. The smallest absolute Gasteiger partial charge is 0.248 e. The van der Waals surface area contributed by atoms with Crippen LogP contribution in [0.3, 0.4) is 0 Å². The molecule has 1 aromatic rings. The molecule has 2 nitrogen and oxygen atoms in total. The van der Waals surface area contributed by atoms with E-state index in [1.807, 2.05) is 19.9 Å². The van der Waals surface area contributed by atoms with Gasteiger partial charge in [-0.15, -0.1) is 0 Å². The minimum absolute atomic E-state index is 0.0302. The Morgan fingerprint density at radius 2 is 1.77 bits per heavy atom. The highest BCUT2D eigenvalue weighted by atomic mass is 16.1. The Hall–Kier alpha value is -1.05. The fourth-order valence-electron chi connectivity index (χ4n) is 0.911. The zero-order chi connectivity index (χ0) is 10.5. The highest BCUT2D eigenvalue weighted by molar-refractivity contribution is 5.18. The van der Waals surface area contributed by atoms with E-state index in [9.17, 15) is 4.79 Å². The summed E-state index contributed by atoms with van der Waals surface area (Å²) in [5, 5.41) is 0. The van der Waals surface area contributed by atoms with Crippen LogP contribution in [0.2, 0.25) is 0 Å². The van der Waals surface area contributed by atoms with Crippen LogP contribution < -0.4 is 5.56 Å². The summed E-state index contributed by atoms with van der Waals surface area (Å²) >= 11 is 0. The van der Waals surface area contributed by atoms with Crippen LogP contribution in [0.25, 0.3) is 0 Å². The van der Waals surface area contributed by atoms with E-state index in [0.717, 1.165) is 5.56 Å². The number of hydrogen-bond donors (Lipinski definition) is 1. The van der Waals surface area contributed by atoms with Crippen molar-refractivity contribution >= 4 is 0 Å². The second-order valence-corrected chi connectivity index (χ2v) is 3.69. The van der Waals surface area contributed by atoms with Crippen molar-refractivity contribution in [3.63, 3.8) is 0 Å². The Bertz CT molecular complexity index is 293. The predicted octanol–water partition coefficient (Wildman–Crippen LogP) is 2.70. The lowest BCUT2D eigenvalue weighted by molar-refractivity contribution is 0.588. The van der Waals surface area contributed by atoms with Crippen LogP contribution in [0.5, 0.6) is 0 Å². The van der Waals surface area contributed by atoms with Crippen molar-refractivity contribution in [2.75, 3.05) is 0 Å². The molecule has 0 spiro atoms. The first-order valence-corrected chi connectivity index (χ1v) is 4.69. The van der Waals surface area contributed by atoms with Crippen LogP contribution in [0.4, 0.5) is 0 Å². The van der Waals surface area contributed by atoms with Crippen LogP contribution >= 0.6 is 0 Å². The zero-order valence-electron chi connectivity index (χ0n) is 9.14. The summed E-state index contributed by atoms with van der Waals surface area (Å²) in [6.07, 6.45) is 1.68. The van der Waals surface area contributed by atoms with Crippen LogP contribution in [0.1, 0.15) is 40.2 Å². The molecule has 0 saturated carbocycles. The van der Waals surface area contributed by atoms with Gasteiger partial charge in [0.2, 0.25) is 5.56 Å². The Kier molecular flexibility index (Phi) is 4.46. The van der Waals surface area contributed by atoms with Gasteiger partial charge in [-0.3, -0.25) is 4.79 Å². The Labute approximate surface area is 80.0 Å². The summed E-state index contributed by atoms with van der Waals surface area (Å²) in [6.45, 7) is 10.3. The highest BCUT2D eigenvalue weighted by Gasteiger charge is 2.12. The molecule has 0 atom stereocenters. The second-order valence-electron chi connectivity index (χ2n) is 3.69. The van der Waals surface area contributed by atoms with Crippen molar-refractivity contribution in [2.24, 2.45) is 0 Å². The Morgan fingerprint density at radius 1 is 1.23 bits per heavy atom. The van der Waals surface area contributed by atoms with Gasteiger partial charge in [0.15, 0.2) is 0 Å². The van der Waals surface area contributed by atoms with Crippen LogP contribution in [0.15, 0.2) is 23.1 Å². The molecule has 2 heteroatoms. The molecule has 0 aliphatic heterocycles. The van der Waals surface area contributed by atoms with Gasteiger partial charge >= 0.3 is 0 Å². The molecule has 0 bridgehead atoms. The van der Waals surface area contributed by atoms with Gasteiger partial charge in [0.1, 0.15) is 0 Å². The second kappa shape index (κ2) is 4.85. The molecule has 1 rings (SSSR count). The van der Waals surface area contributed by atoms with Crippen LogP contribution in [-0.2, 0) is 5.41 Å². The Balaban J connectivity index is 0.000000671. The molecule has 0 radical (unpaired) electrons. The molecular formula is C11H19NO. The molecule has 0 aliphatic rings. The standard InChI is InChI=1S/C9H13NO.C2H6/c1-9(2,3)7-4-5-10-8(11)6-7;1-2/h4-6H,1-3H3,(H,10,11);1-2H3. The third kappa shape index (κ3) is 3.92. The van der Waals surface area contributed by atoms with Gasteiger partial charge in [-0.1, -0.05) is 34.6 Å². The van der Waals surface area contributed by atoms with E-state index in [1.165, 1.54) is 0 Å². The van der Waals surface area contributed by atoms with Crippen molar-refractivity contribution in [2.45, 2.75) is 40.0 Å². The van der Waals surface area contributed by atoms with Gasteiger partial charge in [0, 0.05) is 12.3 Å². The first-order chi connectivity index (χ1) is 6.00. The average molecular weight is 181 g/mol. The van der Waals surface area contributed by atoms with Crippen molar-refractivity contribution in [3.05, 3.63) is 34.2 Å². The van der Waals surface area contributed by atoms with Gasteiger partial charge in [-0.25, -0.2) is 0 Å². The highest BCUT2D eigenvalue weighted by Crippen LogP contribution is 2.19. The first-order valence-electron chi connectivity index (χ1n) is 4.69. The SMILES string of the molecule is CC.CC(C)(C)c1cc[nH]c(=O)c1. The number of pyridine rings is 1. The molecule has 13 heavy (non-hydrogen) atoms. The average Bonchev–Trinajstić information content (AvgIpc) is 2.06. The minimum atomic E-state index is -0.0302. The topological polar surface area (TPSA) is 32.9 Å². The minimum Gasteiger partial charge on any atom is -0.329 e. The Morgan fingerprint density at radius 3 is 2.08 bits per heavy atom. The zero-order valence-corrected chi connectivity index (χ0v) is 9.14. The summed E-state index contributed by atoms with van der Waals surface area (Å²) in [5.74, 6) is 0. The van der Waals surface area contributed by atoms with E-state index in [2.05, 4.69) is 25.8 Å². The number of H-pyrrole nitrogens is 1. The predicted molar refractivity (Wildman–Crippen MR) is 57.1 cm³/mol. The third-order valence-electron chi connectivity index (χ3n) is 1.64. The van der Waals surface area contributed by atoms with Gasteiger partial charge in [-0.2, -0.15) is 0 Å². The third-order valence-corrected chi connectivity index (χ3v) is 1.64. The molecule has 0 aromatic carbocycles. The van der Waals surface area contributed by atoms with E-state index in [0.29, 0.717) is 0 Å². The summed E-state index contributed by atoms with van der Waals surface area (Å²) in [5.41, 5.74) is 1.10. The monoisotopic (exact) mass is 181 g/mol. The maximum absolute atomic E-state index is 10.9. The lowest BCUT2D eigenvalue weighted by Gasteiger charge is -2.17. The number of aromatic amines is 1. The van der Waals surface area contributed by atoms with E-state index in [-0.39, 0.29) is 11.0 Å². The van der Waals surface area contributed by atoms with E-state index < -0.39 is 0 Å². The maximum atomic E-state index is 10.9. The van der Waals surface area contributed by atoms with Crippen LogP contribution in [-0.4, -0.2) is 4.98 Å². The largest absolute Gasteiger partial charge is 0.329 e. The van der Waals surface area contributed by atoms with Gasteiger partial charge in [0.05, 0.1) is 0 Å². The first kappa shape index (κ1) is 11.9. The van der Waals surface area contributed by atoms with Crippen molar-refractivity contribution < 1.29 is 0 Å². The fraction of sp³-hybridized carbons (Fsp3) is 0.545. The van der Waals surface area contributed by atoms with Crippen LogP contribution in [0, 0.1) is 0 Å². The van der Waals surface area contributed by atoms with E-state index in [1.54, 1.807) is 12.3 Å². The fourth-order valence-corrected chi connectivity index (χ4v) is 0.911. The lowest BCUT2D eigenvalue weighted by Crippen LogP contribution is -2.15. The lowest BCUT2D eigenvalue weighted by atomic mass is 9.88. The van der Waals surface area contributed by atoms with Crippen molar-refractivity contribution in [1.29, 1.82) is 0 Å². The van der Waals surface area contributed by atoms with E-state index >= 15 is 0 Å². The normalized spacial score (nSPS) is 10.2. The molecule has 0 fully saturated rings. The van der Waals surface area contributed by atoms with Crippen molar-refractivity contribution in [1.82, 2.24) is 4.98 Å². The summed E-state index contributed by atoms with van der Waals surface area (Å²) in [4.78, 5) is 13.5. The van der Waals surface area contributed by atoms with E-state index in [4.69, 9.17) is 0 Å². The van der Waals surface area contributed by atoms with Gasteiger partial charge in [0.25, 0.3) is 0 Å². The van der Waals surface area contributed by atoms with Gasteiger partial charge < -0.3 is 4.98 Å². The molecule has 0 amide bonds. The van der Waals surface area contributed by atoms with Crippen molar-refractivity contribution in [3.8, 4) is 0 Å². The number of aromatic nitrogens is 1. The number of nitrogens with one attached hydrogen (secondary N) is 1. The quantitative estimate of drug-likeness (QED) is 0.655. The summed E-state index contributed by atoms with van der Waals surface area (Å²) in [7, 11) is 0. The summed E-state index contributed by atoms with van der Waals surface area (Å²) < 4.78 is 0. The molecule has 0 saturated heterocycles. The van der Waals surface area contributed by atoms with Gasteiger partial charge in [-0.05, 0) is 17.0 Å². The molecule has 1 N–H and O–H groups in total. The molecule has 1 aromatic heterocycles. The molecule has 1 heterocycles.